The number of ether oxygens (including phenoxy) is 1. The molecule has 0 aliphatic carbocycles. The highest BCUT2D eigenvalue weighted by Crippen LogP contribution is 2.16. The van der Waals surface area contributed by atoms with E-state index in [4.69, 9.17) is 4.74 Å². The van der Waals surface area contributed by atoms with Crippen LogP contribution in [-0.2, 0) is 9.53 Å². The number of hydrogen-bond donors (Lipinski definition) is 1. The average molecular weight is 201 g/mol. The summed E-state index contributed by atoms with van der Waals surface area (Å²) in [6.07, 6.45) is 0.421. The molecule has 0 aromatic heterocycles. The van der Waals surface area contributed by atoms with E-state index >= 15 is 0 Å². The van der Waals surface area contributed by atoms with Gasteiger partial charge in [0.15, 0.2) is 0 Å². The van der Waals surface area contributed by atoms with Crippen LogP contribution in [0, 0.1) is 5.92 Å². The number of likely N-dealkylation sites (tertiary alicyclic amines) is 1. The van der Waals surface area contributed by atoms with E-state index < -0.39 is 0 Å². The van der Waals surface area contributed by atoms with Crippen molar-refractivity contribution >= 4 is 5.91 Å². The topological polar surface area (TPSA) is 49.8 Å². The first-order chi connectivity index (χ1) is 6.65. The first-order valence-electron chi connectivity index (χ1n) is 5.18. The molecule has 2 unspecified atom stereocenters. The van der Waals surface area contributed by atoms with Gasteiger partial charge in [0, 0.05) is 19.7 Å². The Balaban J connectivity index is 2.34. The number of carbonyl (C=O) groups excluding carboxylic acids is 1. The normalized spacial score (nSPS) is 27.8. The fraction of sp³-hybridized carbons (Fsp3) is 0.900. The Morgan fingerprint density at radius 3 is 2.93 bits per heavy atom. The lowest BCUT2D eigenvalue weighted by atomic mass is 9.97. The summed E-state index contributed by atoms with van der Waals surface area (Å²) in [6, 6.07) is 0. The Morgan fingerprint density at radius 2 is 2.36 bits per heavy atom. The molecular formula is C10H19NO3. The van der Waals surface area contributed by atoms with Gasteiger partial charge >= 0.3 is 0 Å². The molecule has 14 heavy (non-hydrogen) atoms. The molecule has 1 heterocycles. The number of nitrogens with zero attached hydrogens (tertiary/aromatic N) is 1. The number of amides is 1. The summed E-state index contributed by atoms with van der Waals surface area (Å²) in [5.74, 6) is 0.208. The van der Waals surface area contributed by atoms with Crippen molar-refractivity contribution in [2.45, 2.75) is 26.4 Å². The lowest BCUT2D eigenvalue weighted by Gasteiger charge is -2.34. The molecular weight excluding hydrogens is 182 g/mol. The van der Waals surface area contributed by atoms with E-state index in [1.165, 1.54) is 0 Å². The van der Waals surface area contributed by atoms with Gasteiger partial charge in [-0.25, -0.2) is 0 Å². The standard InChI is InChI=1S/C10H19NO3/c1-3-14-7-10(13)11-5-4-9(12)8(2)6-11/h8-9,12H,3-7H2,1-2H3. The maximum atomic E-state index is 11.5. The van der Waals surface area contributed by atoms with E-state index in [0.717, 1.165) is 0 Å². The predicted molar refractivity (Wildman–Crippen MR) is 52.9 cm³/mol. The minimum Gasteiger partial charge on any atom is -0.393 e. The Morgan fingerprint density at radius 1 is 1.64 bits per heavy atom. The Kier molecular flexibility index (Phi) is 4.35. The van der Waals surface area contributed by atoms with Gasteiger partial charge in [-0.2, -0.15) is 0 Å². The van der Waals surface area contributed by atoms with Gasteiger partial charge in [-0.1, -0.05) is 6.92 Å². The van der Waals surface area contributed by atoms with Crippen LogP contribution in [0.4, 0.5) is 0 Å². The maximum Gasteiger partial charge on any atom is 0.248 e. The molecule has 4 heteroatoms. The fourth-order valence-corrected chi connectivity index (χ4v) is 1.64. The molecule has 4 nitrogen and oxygen atoms in total. The molecule has 0 radical (unpaired) electrons. The quantitative estimate of drug-likeness (QED) is 0.712. The molecule has 1 aliphatic rings. The molecule has 0 aromatic carbocycles. The number of aliphatic hydroxyl groups is 1. The smallest absolute Gasteiger partial charge is 0.248 e. The zero-order valence-corrected chi connectivity index (χ0v) is 8.90. The molecule has 0 bridgehead atoms. The van der Waals surface area contributed by atoms with E-state index in [0.29, 0.717) is 26.1 Å². The van der Waals surface area contributed by atoms with Crippen LogP contribution in [0.3, 0.4) is 0 Å². The van der Waals surface area contributed by atoms with Crippen LogP contribution in [-0.4, -0.2) is 48.3 Å². The van der Waals surface area contributed by atoms with Crippen LogP contribution < -0.4 is 0 Å². The van der Waals surface area contributed by atoms with Crippen LogP contribution in [0.1, 0.15) is 20.3 Å². The highest BCUT2D eigenvalue weighted by Gasteiger charge is 2.26. The molecule has 2 atom stereocenters. The Hall–Kier alpha value is -0.610. The van der Waals surface area contributed by atoms with E-state index in [1.54, 1.807) is 4.90 Å². The third kappa shape index (κ3) is 2.96. The van der Waals surface area contributed by atoms with Crippen molar-refractivity contribution < 1.29 is 14.6 Å². The van der Waals surface area contributed by atoms with Crippen molar-refractivity contribution in [2.75, 3.05) is 26.3 Å². The molecule has 1 rings (SSSR count). The van der Waals surface area contributed by atoms with E-state index in [1.807, 2.05) is 13.8 Å². The molecule has 82 valence electrons. The molecule has 0 saturated carbocycles. The van der Waals surface area contributed by atoms with Crippen LogP contribution in [0.5, 0.6) is 0 Å². The molecule has 0 aromatic rings. The first-order valence-corrected chi connectivity index (χ1v) is 5.18. The predicted octanol–water partition coefficient (Wildman–Crippen LogP) is 0.252. The average Bonchev–Trinajstić information content (AvgIpc) is 2.18. The van der Waals surface area contributed by atoms with E-state index in [2.05, 4.69) is 0 Å². The number of piperidine rings is 1. The monoisotopic (exact) mass is 201 g/mol. The van der Waals surface area contributed by atoms with Gasteiger partial charge in [-0.3, -0.25) is 4.79 Å². The summed E-state index contributed by atoms with van der Waals surface area (Å²) in [4.78, 5) is 13.3. The minimum atomic E-state index is -0.258. The summed E-state index contributed by atoms with van der Waals surface area (Å²) >= 11 is 0. The number of hydrogen-bond acceptors (Lipinski definition) is 3. The molecule has 0 spiro atoms. The third-order valence-corrected chi connectivity index (χ3v) is 2.64. The molecule has 1 saturated heterocycles. The van der Waals surface area contributed by atoms with Crippen LogP contribution in [0.25, 0.3) is 0 Å². The summed E-state index contributed by atoms with van der Waals surface area (Å²) in [5.41, 5.74) is 0. The highest BCUT2D eigenvalue weighted by molar-refractivity contribution is 5.77. The fourth-order valence-electron chi connectivity index (χ4n) is 1.64. The van der Waals surface area contributed by atoms with Crippen molar-refractivity contribution in [3.63, 3.8) is 0 Å². The molecule has 1 N–H and O–H groups in total. The Labute approximate surface area is 84.8 Å². The van der Waals surface area contributed by atoms with Crippen molar-refractivity contribution in [1.29, 1.82) is 0 Å². The zero-order valence-electron chi connectivity index (χ0n) is 8.90. The summed E-state index contributed by atoms with van der Waals surface area (Å²) in [6.45, 7) is 5.86. The van der Waals surface area contributed by atoms with Gasteiger partial charge in [-0.05, 0) is 19.3 Å². The SMILES string of the molecule is CCOCC(=O)N1CCC(O)C(C)C1. The number of carbonyl (C=O) groups is 1. The molecule has 1 aliphatic heterocycles. The highest BCUT2D eigenvalue weighted by atomic mass is 16.5. The second-order valence-corrected chi connectivity index (χ2v) is 3.81. The van der Waals surface area contributed by atoms with Crippen molar-refractivity contribution in [3.8, 4) is 0 Å². The summed E-state index contributed by atoms with van der Waals surface area (Å²) in [7, 11) is 0. The van der Waals surface area contributed by atoms with Gasteiger partial charge in [0.05, 0.1) is 6.10 Å². The van der Waals surface area contributed by atoms with Gasteiger partial charge in [0.25, 0.3) is 0 Å². The van der Waals surface area contributed by atoms with Gasteiger partial charge in [-0.15, -0.1) is 0 Å². The van der Waals surface area contributed by atoms with Gasteiger partial charge < -0.3 is 14.7 Å². The van der Waals surface area contributed by atoms with Gasteiger partial charge in [0.2, 0.25) is 5.91 Å². The van der Waals surface area contributed by atoms with Crippen molar-refractivity contribution in [2.24, 2.45) is 5.92 Å². The van der Waals surface area contributed by atoms with Crippen molar-refractivity contribution in [3.05, 3.63) is 0 Å². The van der Waals surface area contributed by atoms with E-state index in [9.17, 15) is 9.90 Å². The number of aliphatic hydroxyl groups excluding tert-OH is 1. The first kappa shape index (κ1) is 11.5. The van der Waals surface area contributed by atoms with E-state index in [-0.39, 0.29) is 24.5 Å². The van der Waals surface area contributed by atoms with Crippen LogP contribution >= 0.6 is 0 Å². The summed E-state index contributed by atoms with van der Waals surface area (Å²) < 4.78 is 5.06. The number of rotatable bonds is 3. The zero-order chi connectivity index (χ0) is 10.6. The largest absolute Gasteiger partial charge is 0.393 e. The molecule has 1 fully saturated rings. The minimum absolute atomic E-state index is 0.0330. The third-order valence-electron chi connectivity index (χ3n) is 2.64. The Bertz CT molecular complexity index is 196. The van der Waals surface area contributed by atoms with Gasteiger partial charge in [0.1, 0.15) is 6.61 Å². The second kappa shape index (κ2) is 5.32. The van der Waals surface area contributed by atoms with Crippen molar-refractivity contribution in [1.82, 2.24) is 4.90 Å². The maximum absolute atomic E-state index is 11.5. The molecule has 1 amide bonds. The lowest BCUT2D eigenvalue weighted by molar-refractivity contribution is -0.139. The van der Waals surface area contributed by atoms with Crippen LogP contribution in [0.2, 0.25) is 0 Å². The van der Waals surface area contributed by atoms with Crippen LogP contribution in [0.15, 0.2) is 0 Å². The summed E-state index contributed by atoms with van der Waals surface area (Å²) in [5, 5.41) is 9.48. The lowest BCUT2D eigenvalue weighted by Crippen LogP contribution is -2.46. The second-order valence-electron chi connectivity index (χ2n) is 3.81.